The lowest BCUT2D eigenvalue weighted by molar-refractivity contribution is -0.129. The van der Waals surface area contributed by atoms with E-state index in [1.807, 2.05) is 13.2 Å². The Kier molecular flexibility index (Phi) is 6.27. The number of rotatable bonds is 5. The van der Waals surface area contributed by atoms with Crippen molar-refractivity contribution in [2.75, 3.05) is 31.6 Å². The summed E-state index contributed by atoms with van der Waals surface area (Å²) in [5.74, 6) is 1.15. The Labute approximate surface area is 203 Å². The number of piperidine rings is 1. The molecule has 0 atom stereocenters. The van der Waals surface area contributed by atoms with Gasteiger partial charge in [0, 0.05) is 70.7 Å². The first-order chi connectivity index (χ1) is 16.9. The molecule has 4 heterocycles. The van der Waals surface area contributed by atoms with Crippen LogP contribution in [0.25, 0.3) is 11.3 Å². The van der Waals surface area contributed by atoms with Crippen LogP contribution in [0.1, 0.15) is 31.2 Å². The minimum absolute atomic E-state index is 0.0180. The molecule has 0 spiro atoms. The van der Waals surface area contributed by atoms with E-state index in [1.165, 1.54) is 13.2 Å². The van der Waals surface area contributed by atoms with E-state index in [0.717, 1.165) is 54.4 Å². The summed E-state index contributed by atoms with van der Waals surface area (Å²) < 4.78 is 26.8. The summed E-state index contributed by atoms with van der Waals surface area (Å²) in [4.78, 5) is 26.0. The van der Waals surface area contributed by atoms with Crippen molar-refractivity contribution in [2.45, 2.75) is 38.8 Å². The van der Waals surface area contributed by atoms with Gasteiger partial charge in [-0.3, -0.25) is 9.48 Å². The number of carbonyl (C=O) groups is 1. The molecular weight excluding hydrogens is 451 g/mol. The highest BCUT2D eigenvalue weighted by molar-refractivity contribution is 5.74. The molecule has 1 aromatic carbocycles. The van der Waals surface area contributed by atoms with Crippen molar-refractivity contribution >= 4 is 11.7 Å². The van der Waals surface area contributed by atoms with E-state index in [-0.39, 0.29) is 17.8 Å². The van der Waals surface area contributed by atoms with Crippen LogP contribution in [-0.4, -0.2) is 63.4 Å². The lowest BCUT2D eigenvalue weighted by Crippen LogP contribution is -2.40. The second kappa shape index (κ2) is 9.52. The average molecular weight is 481 g/mol. The SMILES string of the molecule is COc1ccc(OC2CCN(c3nc4c(nc3-c3cnn(C)c3)CN(C(C)=O)CC4)CC2)cc1F. The number of methoxy groups -OCH3 is 1. The van der Waals surface area contributed by atoms with Gasteiger partial charge >= 0.3 is 0 Å². The lowest BCUT2D eigenvalue weighted by Gasteiger charge is -2.35. The molecule has 35 heavy (non-hydrogen) atoms. The van der Waals surface area contributed by atoms with Gasteiger partial charge in [0.05, 0.1) is 31.2 Å². The van der Waals surface area contributed by atoms with E-state index in [1.54, 1.807) is 34.8 Å². The van der Waals surface area contributed by atoms with Gasteiger partial charge in [-0.25, -0.2) is 14.4 Å². The number of halogens is 1. The maximum absolute atomic E-state index is 14.0. The number of nitrogens with zero attached hydrogens (tertiary/aromatic N) is 6. The molecule has 0 bridgehead atoms. The molecule has 0 N–H and O–H groups in total. The predicted molar refractivity (Wildman–Crippen MR) is 128 cm³/mol. The van der Waals surface area contributed by atoms with Gasteiger partial charge in [-0.05, 0) is 12.1 Å². The number of benzene rings is 1. The largest absolute Gasteiger partial charge is 0.494 e. The molecule has 5 rings (SSSR count). The highest BCUT2D eigenvalue weighted by atomic mass is 19.1. The van der Waals surface area contributed by atoms with Crippen LogP contribution in [0.2, 0.25) is 0 Å². The highest BCUT2D eigenvalue weighted by Gasteiger charge is 2.28. The number of carbonyl (C=O) groups excluding carboxylic acids is 1. The average Bonchev–Trinajstić information content (AvgIpc) is 3.29. The summed E-state index contributed by atoms with van der Waals surface area (Å²) in [6, 6.07) is 4.68. The molecule has 2 aliphatic heterocycles. The smallest absolute Gasteiger partial charge is 0.219 e. The molecule has 3 aromatic rings. The van der Waals surface area contributed by atoms with Gasteiger partial charge in [0.1, 0.15) is 17.5 Å². The third-order valence-electron chi connectivity index (χ3n) is 6.58. The molecule has 2 aliphatic rings. The summed E-state index contributed by atoms with van der Waals surface area (Å²) in [6.07, 6.45) is 5.94. The number of aryl methyl sites for hydroxylation is 1. The number of anilines is 1. The fourth-order valence-electron chi connectivity index (χ4n) is 4.65. The summed E-state index contributed by atoms with van der Waals surface area (Å²) in [5.41, 5.74) is 3.45. The summed E-state index contributed by atoms with van der Waals surface area (Å²) in [6.45, 7) is 4.19. The third kappa shape index (κ3) is 4.78. The van der Waals surface area contributed by atoms with Crippen molar-refractivity contribution in [3.63, 3.8) is 0 Å². The van der Waals surface area contributed by atoms with Crippen LogP contribution in [0, 0.1) is 5.82 Å². The molecule has 1 saturated heterocycles. The Morgan fingerprint density at radius 2 is 1.94 bits per heavy atom. The van der Waals surface area contributed by atoms with Crippen LogP contribution in [0.5, 0.6) is 11.5 Å². The molecule has 0 unspecified atom stereocenters. The molecule has 1 fully saturated rings. The van der Waals surface area contributed by atoms with Crippen molar-refractivity contribution in [3.05, 3.63) is 47.8 Å². The van der Waals surface area contributed by atoms with E-state index < -0.39 is 5.82 Å². The van der Waals surface area contributed by atoms with Crippen molar-refractivity contribution in [2.24, 2.45) is 7.05 Å². The minimum Gasteiger partial charge on any atom is -0.494 e. The Hall–Kier alpha value is -3.69. The van der Waals surface area contributed by atoms with Crippen molar-refractivity contribution in [1.29, 1.82) is 0 Å². The second-order valence-corrected chi connectivity index (χ2v) is 8.98. The molecule has 0 aliphatic carbocycles. The molecular formula is C25H29FN6O3. The fourth-order valence-corrected chi connectivity index (χ4v) is 4.65. The number of aromatic nitrogens is 4. The molecule has 0 saturated carbocycles. The van der Waals surface area contributed by atoms with Crippen LogP contribution in [-0.2, 0) is 24.8 Å². The van der Waals surface area contributed by atoms with E-state index in [9.17, 15) is 9.18 Å². The van der Waals surface area contributed by atoms with Gasteiger partial charge in [0.2, 0.25) is 5.91 Å². The number of amides is 1. The summed E-state index contributed by atoms with van der Waals surface area (Å²) in [7, 11) is 3.31. The molecule has 1 amide bonds. The second-order valence-electron chi connectivity index (χ2n) is 8.98. The Balaban J connectivity index is 1.36. The van der Waals surface area contributed by atoms with Gasteiger partial charge in [-0.1, -0.05) is 0 Å². The van der Waals surface area contributed by atoms with Crippen LogP contribution in [0.3, 0.4) is 0 Å². The van der Waals surface area contributed by atoms with Crippen molar-refractivity contribution < 1.29 is 18.7 Å². The maximum atomic E-state index is 14.0. The molecule has 0 radical (unpaired) electrons. The van der Waals surface area contributed by atoms with Gasteiger partial charge < -0.3 is 19.3 Å². The molecule has 10 heteroatoms. The zero-order chi connectivity index (χ0) is 24.5. The van der Waals surface area contributed by atoms with Crippen LogP contribution in [0.15, 0.2) is 30.6 Å². The summed E-state index contributed by atoms with van der Waals surface area (Å²) >= 11 is 0. The maximum Gasteiger partial charge on any atom is 0.219 e. The number of hydrogen-bond acceptors (Lipinski definition) is 7. The van der Waals surface area contributed by atoms with Crippen molar-refractivity contribution in [1.82, 2.24) is 24.6 Å². The zero-order valence-corrected chi connectivity index (χ0v) is 20.2. The highest BCUT2D eigenvalue weighted by Crippen LogP contribution is 2.33. The zero-order valence-electron chi connectivity index (χ0n) is 20.2. The predicted octanol–water partition coefficient (Wildman–Crippen LogP) is 2.98. The Morgan fingerprint density at radius 3 is 2.60 bits per heavy atom. The van der Waals surface area contributed by atoms with Crippen LogP contribution < -0.4 is 14.4 Å². The third-order valence-corrected chi connectivity index (χ3v) is 6.58. The summed E-state index contributed by atoms with van der Waals surface area (Å²) in [5, 5.41) is 4.32. The Morgan fingerprint density at radius 1 is 1.14 bits per heavy atom. The molecule has 9 nitrogen and oxygen atoms in total. The molecule has 184 valence electrons. The monoisotopic (exact) mass is 480 g/mol. The van der Waals surface area contributed by atoms with Gasteiger partial charge in [-0.15, -0.1) is 0 Å². The van der Waals surface area contributed by atoms with Crippen LogP contribution in [0.4, 0.5) is 10.2 Å². The van der Waals surface area contributed by atoms with Gasteiger partial charge in [0.15, 0.2) is 17.4 Å². The van der Waals surface area contributed by atoms with Crippen LogP contribution >= 0.6 is 0 Å². The Bertz CT molecular complexity index is 1240. The standard InChI is InChI=1S/C25H29FN6O3/c1-16(33)32-11-8-21-22(15-32)28-24(17-13-27-30(2)14-17)25(29-21)31-9-6-18(7-10-31)35-19-4-5-23(34-3)20(26)12-19/h4-5,12-14,18H,6-11,15H2,1-3H3. The van der Waals surface area contributed by atoms with E-state index >= 15 is 0 Å². The van der Waals surface area contributed by atoms with E-state index in [2.05, 4.69) is 10.00 Å². The minimum atomic E-state index is -0.434. The quantitative estimate of drug-likeness (QED) is 0.555. The number of ether oxygens (including phenoxy) is 2. The fraction of sp³-hybridized carbons (Fsp3) is 0.440. The first kappa shape index (κ1) is 23.1. The first-order valence-corrected chi connectivity index (χ1v) is 11.8. The first-order valence-electron chi connectivity index (χ1n) is 11.8. The normalized spacial score (nSPS) is 16.2. The van der Waals surface area contributed by atoms with Crippen molar-refractivity contribution in [3.8, 4) is 22.8 Å². The topological polar surface area (TPSA) is 85.6 Å². The van der Waals surface area contributed by atoms with E-state index in [0.29, 0.717) is 25.3 Å². The lowest BCUT2D eigenvalue weighted by atomic mass is 10.1. The number of fused-ring (bicyclic) bond motifs is 1. The number of hydrogen-bond donors (Lipinski definition) is 0. The van der Waals surface area contributed by atoms with Gasteiger partial charge in [-0.2, -0.15) is 5.10 Å². The van der Waals surface area contributed by atoms with E-state index in [4.69, 9.17) is 19.4 Å². The van der Waals surface area contributed by atoms with Gasteiger partial charge in [0.25, 0.3) is 0 Å². The molecule has 2 aromatic heterocycles.